The Kier molecular flexibility index (Phi) is 5.29. The van der Waals surface area contributed by atoms with Gasteiger partial charge in [-0.1, -0.05) is 42.5 Å². The first kappa shape index (κ1) is 20.1. The van der Waals surface area contributed by atoms with Gasteiger partial charge in [0.2, 0.25) is 0 Å². The number of halogens is 1. The lowest BCUT2D eigenvalue weighted by Gasteiger charge is -2.11. The van der Waals surface area contributed by atoms with Gasteiger partial charge in [0.05, 0.1) is 17.9 Å². The van der Waals surface area contributed by atoms with Gasteiger partial charge in [-0.3, -0.25) is 4.68 Å². The van der Waals surface area contributed by atoms with E-state index < -0.39 is 0 Å². The number of aryl methyl sites for hydroxylation is 4. The Hall–Kier alpha value is -3.20. The van der Waals surface area contributed by atoms with Crippen molar-refractivity contribution in [3.8, 4) is 22.5 Å². The molecule has 0 radical (unpaired) electrons. The summed E-state index contributed by atoms with van der Waals surface area (Å²) >= 11 is 0. The smallest absolute Gasteiger partial charge is 0.128 e. The Morgan fingerprint density at radius 1 is 0.733 bits per heavy atom. The first-order valence-corrected chi connectivity index (χ1v) is 10.3. The van der Waals surface area contributed by atoms with E-state index in [2.05, 4.69) is 71.0 Å². The highest BCUT2D eigenvalue weighted by molar-refractivity contribution is 5.75. The average molecular weight is 399 g/mol. The van der Waals surface area contributed by atoms with Crippen LogP contribution in [0.15, 0.2) is 60.7 Å². The Labute approximate surface area is 178 Å². The van der Waals surface area contributed by atoms with Gasteiger partial charge in [-0.25, -0.2) is 4.39 Å². The average Bonchev–Trinajstić information content (AvgIpc) is 3.04. The van der Waals surface area contributed by atoms with E-state index in [0.717, 1.165) is 28.1 Å². The maximum Gasteiger partial charge on any atom is 0.128 e. The predicted molar refractivity (Wildman–Crippen MR) is 122 cm³/mol. The van der Waals surface area contributed by atoms with Crippen molar-refractivity contribution in [2.24, 2.45) is 0 Å². The molecule has 30 heavy (non-hydrogen) atoms. The third-order valence-electron chi connectivity index (χ3n) is 6.03. The Morgan fingerprint density at radius 3 is 1.97 bits per heavy atom. The number of nitrogens with zero attached hydrogens (tertiary/aromatic N) is 2. The topological polar surface area (TPSA) is 17.8 Å². The van der Waals surface area contributed by atoms with Crippen molar-refractivity contribution in [3.05, 3.63) is 99.9 Å². The number of aromatic nitrogens is 2. The number of benzene rings is 3. The Morgan fingerprint density at radius 2 is 1.33 bits per heavy atom. The maximum absolute atomic E-state index is 14.4. The van der Waals surface area contributed by atoms with E-state index >= 15 is 0 Å². The van der Waals surface area contributed by atoms with Crippen LogP contribution in [0.3, 0.4) is 0 Å². The van der Waals surface area contributed by atoms with Crippen molar-refractivity contribution < 1.29 is 4.39 Å². The van der Waals surface area contributed by atoms with Crippen LogP contribution in [-0.4, -0.2) is 9.78 Å². The van der Waals surface area contributed by atoms with E-state index in [4.69, 9.17) is 5.10 Å². The molecule has 0 fully saturated rings. The summed E-state index contributed by atoms with van der Waals surface area (Å²) in [5.74, 6) is -0.204. The molecule has 0 bridgehead atoms. The molecule has 152 valence electrons. The minimum absolute atomic E-state index is 0.204. The van der Waals surface area contributed by atoms with Gasteiger partial charge >= 0.3 is 0 Å². The molecular formula is C27H27FN2. The number of hydrogen-bond donors (Lipinski definition) is 0. The minimum Gasteiger partial charge on any atom is -0.259 e. The van der Waals surface area contributed by atoms with Crippen molar-refractivity contribution in [1.29, 1.82) is 0 Å². The van der Waals surface area contributed by atoms with Gasteiger partial charge < -0.3 is 0 Å². The number of rotatable bonds is 4. The quantitative estimate of drug-likeness (QED) is 0.364. The molecule has 0 aliphatic heterocycles. The molecule has 0 saturated heterocycles. The van der Waals surface area contributed by atoms with Crippen LogP contribution in [0.5, 0.6) is 0 Å². The zero-order valence-electron chi connectivity index (χ0n) is 18.3. The van der Waals surface area contributed by atoms with Gasteiger partial charge in [0.1, 0.15) is 5.82 Å². The maximum atomic E-state index is 14.4. The molecule has 3 aromatic carbocycles. The van der Waals surface area contributed by atoms with E-state index in [0.29, 0.717) is 12.1 Å². The lowest BCUT2D eigenvalue weighted by molar-refractivity contribution is 0.587. The Balaban J connectivity index is 1.91. The highest BCUT2D eigenvalue weighted by Crippen LogP contribution is 2.34. The highest BCUT2D eigenvalue weighted by atomic mass is 19.1. The summed E-state index contributed by atoms with van der Waals surface area (Å²) in [4.78, 5) is 0. The van der Waals surface area contributed by atoms with Crippen molar-refractivity contribution >= 4 is 0 Å². The third kappa shape index (κ3) is 3.68. The first-order chi connectivity index (χ1) is 14.3. The van der Waals surface area contributed by atoms with Crippen molar-refractivity contribution in [3.63, 3.8) is 0 Å². The summed E-state index contributed by atoms with van der Waals surface area (Å²) in [7, 11) is 0. The first-order valence-electron chi connectivity index (χ1n) is 10.3. The summed E-state index contributed by atoms with van der Waals surface area (Å²) in [6, 6.07) is 19.8. The van der Waals surface area contributed by atoms with Gasteiger partial charge in [0.25, 0.3) is 0 Å². The molecule has 4 aromatic rings. The summed E-state index contributed by atoms with van der Waals surface area (Å²) in [6.07, 6.45) is 0. The molecule has 0 unspecified atom stereocenters. The minimum atomic E-state index is -0.204. The molecule has 0 atom stereocenters. The van der Waals surface area contributed by atoms with Gasteiger partial charge in [0.15, 0.2) is 0 Å². The molecular weight excluding hydrogens is 371 g/mol. The molecule has 1 aromatic heterocycles. The molecule has 0 saturated carbocycles. The molecule has 2 nitrogen and oxygen atoms in total. The summed E-state index contributed by atoms with van der Waals surface area (Å²) in [5.41, 5.74) is 10.9. The van der Waals surface area contributed by atoms with E-state index in [9.17, 15) is 4.39 Å². The predicted octanol–water partition coefficient (Wildman–Crippen LogP) is 6.95. The molecule has 0 aliphatic carbocycles. The molecule has 1 heterocycles. The molecule has 0 N–H and O–H groups in total. The van der Waals surface area contributed by atoms with Gasteiger partial charge in [-0.05, 0) is 75.1 Å². The fraction of sp³-hybridized carbons (Fsp3) is 0.222. The van der Waals surface area contributed by atoms with E-state index in [1.54, 1.807) is 6.07 Å². The zero-order chi connectivity index (χ0) is 21.4. The van der Waals surface area contributed by atoms with Crippen LogP contribution in [0.4, 0.5) is 4.39 Å². The van der Waals surface area contributed by atoms with Crippen LogP contribution in [0.25, 0.3) is 22.5 Å². The fourth-order valence-electron chi connectivity index (χ4n) is 3.87. The molecule has 0 aliphatic rings. The van der Waals surface area contributed by atoms with E-state index in [-0.39, 0.29) is 5.82 Å². The van der Waals surface area contributed by atoms with E-state index in [1.165, 1.54) is 28.3 Å². The van der Waals surface area contributed by atoms with Gasteiger partial charge in [-0.2, -0.15) is 5.10 Å². The van der Waals surface area contributed by atoms with Crippen LogP contribution < -0.4 is 0 Å². The normalized spacial score (nSPS) is 11.1. The van der Waals surface area contributed by atoms with Crippen LogP contribution >= 0.6 is 0 Å². The molecule has 0 amide bonds. The van der Waals surface area contributed by atoms with Gasteiger partial charge in [-0.15, -0.1) is 0 Å². The van der Waals surface area contributed by atoms with Crippen molar-refractivity contribution in [2.75, 3.05) is 0 Å². The molecule has 0 spiro atoms. The second-order valence-electron chi connectivity index (χ2n) is 8.17. The lowest BCUT2D eigenvalue weighted by Crippen LogP contribution is -2.06. The summed E-state index contributed by atoms with van der Waals surface area (Å²) < 4.78 is 16.4. The Bertz CT molecular complexity index is 1230. The third-order valence-corrected chi connectivity index (χ3v) is 6.03. The van der Waals surface area contributed by atoms with Gasteiger partial charge in [0, 0.05) is 22.3 Å². The molecule has 4 rings (SSSR count). The van der Waals surface area contributed by atoms with Crippen LogP contribution in [0, 0.1) is 40.4 Å². The summed E-state index contributed by atoms with van der Waals surface area (Å²) in [6.45, 7) is 11.0. The van der Waals surface area contributed by atoms with Crippen LogP contribution in [-0.2, 0) is 6.54 Å². The molecule has 3 heteroatoms. The standard InChI is InChI=1S/C27H27FN2/c1-17-10-12-22(14-19(17)3)26-21(5)27(23-13-11-18(2)20(4)15-23)30(29-26)16-24-8-6-7-9-25(24)28/h6-15H,16H2,1-5H3. The highest BCUT2D eigenvalue weighted by Gasteiger charge is 2.19. The largest absolute Gasteiger partial charge is 0.259 e. The fourth-order valence-corrected chi connectivity index (χ4v) is 3.87. The zero-order valence-corrected chi connectivity index (χ0v) is 18.3. The second-order valence-corrected chi connectivity index (χ2v) is 8.17. The second kappa shape index (κ2) is 7.91. The van der Waals surface area contributed by atoms with Crippen molar-refractivity contribution in [1.82, 2.24) is 9.78 Å². The van der Waals surface area contributed by atoms with E-state index in [1.807, 2.05) is 16.8 Å². The van der Waals surface area contributed by atoms with Crippen LogP contribution in [0.1, 0.15) is 33.4 Å². The van der Waals surface area contributed by atoms with Crippen molar-refractivity contribution in [2.45, 2.75) is 41.2 Å². The lowest BCUT2D eigenvalue weighted by atomic mass is 9.98. The number of hydrogen-bond acceptors (Lipinski definition) is 1. The SMILES string of the molecule is Cc1ccc(-c2nn(Cc3ccccc3F)c(-c3ccc(C)c(C)c3)c2C)cc1C. The summed E-state index contributed by atoms with van der Waals surface area (Å²) in [5, 5.41) is 4.97. The van der Waals surface area contributed by atoms with Crippen LogP contribution in [0.2, 0.25) is 0 Å². The monoisotopic (exact) mass is 398 g/mol.